The number of ether oxygens (including phenoxy) is 1. The molecule has 1 aromatic rings. The van der Waals surface area contributed by atoms with Gasteiger partial charge in [-0.15, -0.1) is 12.4 Å². The van der Waals surface area contributed by atoms with Crippen LogP contribution < -0.4 is 5.32 Å². The number of nitrogens with one attached hydrogen (secondary N) is 1. The zero-order chi connectivity index (χ0) is 12.3. The quantitative estimate of drug-likeness (QED) is 0.881. The average molecular weight is 313 g/mol. The Morgan fingerprint density at radius 2 is 2.11 bits per heavy atom. The minimum Gasteiger partial charge on any atom is -0.394 e. The Balaban J connectivity index is 0.00000162. The molecule has 0 aliphatic carbocycles. The van der Waals surface area contributed by atoms with Crippen molar-refractivity contribution in [3.05, 3.63) is 33.8 Å². The van der Waals surface area contributed by atoms with Gasteiger partial charge in [-0.2, -0.15) is 0 Å². The van der Waals surface area contributed by atoms with E-state index in [1.807, 2.05) is 12.1 Å². The summed E-state index contributed by atoms with van der Waals surface area (Å²) in [6.07, 6.45) is -0.192. The van der Waals surface area contributed by atoms with Crippen molar-refractivity contribution in [2.24, 2.45) is 0 Å². The van der Waals surface area contributed by atoms with Crippen molar-refractivity contribution in [1.29, 1.82) is 0 Å². The van der Waals surface area contributed by atoms with E-state index in [2.05, 4.69) is 5.32 Å². The Morgan fingerprint density at radius 1 is 1.33 bits per heavy atom. The number of hydrogen-bond donors (Lipinski definition) is 2. The second-order valence-electron chi connectivity index (χ2n) is 4.08. The number of halogens is 3. The van der Waals surface area contributed by atoms with E-state index in [0.717, 1.165) is 18.7 Å². The summed E-state index contributed by atoms with van der Waals surface area (Å²) in [5, 5.41) is 13.7. The molecule has 0 saturated carbocycles. The Kier molecular flexibility index (Phi) is 6.71. The molecule has 0 unspecified atom stereocenters. The van der Waals surface area contributed by atoms with Gasteiger partial charge in [0.2, 0.25) is 0 Å². The van der Waals surface area contributed by atoms with Crippen LogP contribution in [0.25, 0.3) is 0 Å². The first kappa shape index (κ1) is 16.0. The van der Waals surface area contributed by atoms with Gasteiger partial charge >= 0.3 is 0 Å². The maximum absolute atomic E-state index is 9.36. The number of aliphatic hydroxyl groups is 1. The zero-order valence-electron chi connectivity index (χ0n) is 9.73. The van der Waals surface area contributed by atoms with E-state index in [1.54, 1.807) is 6.07 Å². The third kappa shape index (κ3) is 3.73. The predicted octanol–water partition coefficient (Wildman–Crippen LogP) is 2.48. The summed E-state index contributed by atoms with van der Waals surface area (Å²) in [6, 6.07) is 5.55. The van der Waals surface area contributed by atoms with E-state index in [4.69, 9.17) is 27.9 Å². The standard InChI is InChI=1S/C12H15Cl2NO2.ClH/c13-10-2-1-8(5-11(10)14)9-6-15-3-4-17-12(9)7-16;/h1-2,5,9,12,15-16H,3-4,6-7H2;1H/t9-,12-;/m1./s1. The van der Waals surface area contributed by atoms with Crippen molar-refractivity contribution in [2.75, 3.05) is 26.3 Å². The van der Waals surface area contributed by atoms with Crippen LogP contribution >= 0.6 is 35.6 Å². The molecule has 18 heavy (non-hydrogen) atoms. The molecule has 0 aromatic heterocycles. The van der Waals surface area contributed by atoms with E-state index in [-0.39, 0.29) is 31.0 Å². The first-order chi connectivity index (χ1) is 8.22. The second kappa shape index (κ2) is 7.53. The van der Waals surface area contributed by atoms with Crippen LogP contribution in [0.15, 0.2) is 18.2 Å². The topological polar surface area (TPSA) is 41.5 Å². The molecule has 2 atom stereocenters. The third-order valence-corrected chi connectivity index (χ3v) is 3.71. The molecular weight excluding hydrogens is 296 g/mol. The largest absolute Gasteiger partial charge is 0.394 e. The van der Waals surface area contributed by atoms with Crippen LogP contribution in [-0.2, 0) is 4.74 Å². The number of benzene rings is 1. The lowest BCUT2D eigenvalue weighted by Crippen LogP contribution is -2.29. The smallest absolute Gasteiger partial charge is 0.0886 e. The molecule has 1 heterocycles. The van der Waals surface area contributed by atoms with E-state index in [0.29, 0.717) is 16.7 Å². The highest BCUT2D eigenvalue weighted by Gasteiger charge is 2.25. The fourth-order valence-electron chi connectivity index (χ4n) is 2.04. The summed E-state index contributed by atoms with van der Waals surface area (Å²) >= 11 is 11.9. The van der Waals surface area contributed by atoms with Crippen LogP contribution in [0.1, 0.15) is 11.5 Å². The first-order valence-corrected chi connectivity index (χ1v) is 6.36. The van der Waals surface area contributed by atoms with Gasteiger partial charge in [-0.05, 0) is 17.7 Å². The number of rotatable bonds is 2. The summed E-state index contributed by atoms with van der Waals surface area (Å²) in [4.78, 5) is 0. The monoisotopic (exact) mass is 311 g/mol. The van der Waals surface area contributed by atoms with E-state index < -0.39 is 0 Å². The van der Waals surface area contributed by atoms with Crippen molar-refractivity contribution in [1.82, 2.24) is 5.32 Å². The predicted molar refractivity (Wildman–Crippen MR) is 76.1 cm³/mol. The lowest BCUT2D eigenvalue weighted by molar-refractivity contribution is 0.0108. The summed E-state index contributed by atoms with van der Waals surface area (Å²) in [5.41, 5.74) is 1.04. The van der Waals surface area contributed by atoms with Crippen LogP contribution in [0, 0.1) is 0 Å². The van der Waals surface area contributed by atoms with Crippen molar-refractivity contribution in [3.63, 3.8) is 0 Å². The molecule has 1 aliphatic heterocycles. The van der Waals surface area contributed by atoms with Crippen molar-refractivity contribution in [2.45, 2.75) is 12.0 Å². The Hall–Kier alpha value is -0.0300. The van der Waals surface area contributed by atoms with Gasteiger partial charge in [-0.1, -0.05) is 29.3 Å². The number of aliphatic hydroxyl groups excluding tert-OH is 1. The highest BCUT2D eigenvalue weighted by atomic mass is 35.5. The van der Waals surface area contributed by atoms with E-state index >= 15 is 0 Å². The third-order valence-electron chi connectivity index (χ3n) is 2.98. The maximum Gasteiger partial charge on any atom is 0.0886 e. The molecule has 2 N–H and O–H groups in total. The molecule has 2 rings (SSSR count). The van der Waals surface area contributed by atoms with Crippen LogP contribution in [-0.4, -0.2) is 37.5 Å². The van der Waals surface area contributed by atoms with Gasteiger partial charge in [-0.25, -0.2) is 0 Å². The molecule has 102 valence electrons. The van der Waals surface area contributed by atoms with Crippen molar-refractivity contribution >= 4 is 35.6 Å². The molecule has 0 bridgehead atoms. The maximum atomic E-state index is 9.36. The van der Waals surface area contributed by atoms with Crippen molar-refractivity contribution < 1.29 is 9.84 Å². The van der Waals surface area contributed by atoms with Crippen LogP contribution in [0.4, 0.5) is 0 Å². The van der Waals surface area contributed by atoms with Gasteiger partial charge in [0.1, 0.15) is 0 Å². The Labute approximate surface area is 123 Å². The summed E-state index contributed by atoms with van der Waals surface area (Å²) in [5.74, 6) is 0.0947. The fourth-order valence-corrected chi connectivity index (χ4v) is 2.35. The molecule has 0 amide bonds. The van der Waals surface area contributed by atoms with Gasteiger partial charge in [0.15, 0.2) is 0 Å². The highest BCUT2D eigenvalue weighted by molar-refractivity contribution is 6.42. The molecule has 1 aliphatic rings. The van der Waals surface area contributed by atoms with Gasteiger partial charge in [0.05, 0.1) is 29.4 Å². The summed E-state index contributed by atoms with van der Waals surface area (Å²) < 4.78 is 5.60. The van der Waals surface area contributed by atoms with Gasteiger partial charge in [0, 0.05) is 19.0 Å². The average Bonchev–Trinajstić information content (AvgIpc) is 2.57. The molecule has 1 fully saturated rings. The lowest BCUT2D eigenvalue weighted by atomic mass is 9.93. The minimum absolute atomic E-state index is 0. The molecule has 1 aromatic carbocycles. The van der Waals surface area contributed by atoms with Crippen LogP contribution in [0.3, 0.4) is 0 Å². The van der Waals surface area contributed by atoms with Crippen LogP contribution in [0.2, 0.25) is 10.0 Å². The Bertz CT molecular complexity index is 390. The Morgan fingerprint density at radius 3 is 2.78 bits per heavy atom. The van der Waals surface area contributed by atoms with Gasteiger partial charge in [0.25, 0.3) is 0 Å². The van der Waals surface area contributed by atoms with E-state index in [9.17, 15) is 5.11 Å². The van der Waals surface area contributed by atoms with Crippen molar-refractivity contribution in [3.8, 4) is 0 Å². The van der Waals surface area contributed by atoms with Gasteiger partial charge < -0.3 is 15.2 Å². The summed E-state index contributed by atoms with van der Waals surface area (Å²) in [6.45, 7) is 2.19. The minimum atomic E-state index is -0.192. The summed E-state index contributed by atoms with van der Waals surface area (Å²) in [7, 11) is 0. The van der Waals surface area contributed by atoms with E-state index in [1.165, 1.54) is 0 Å². The normalized spacial score (nSPS) is 24.2. The molecule has 3 nitrogen and oxygen atoms in total. The zero-order valence-corrected chi connectivity index (χ0v) is 12.1. The highest BCUT2D eigenvalue weighted by Crippen LogP contribution is 2.29. The first-order valence-electron chi connectivity index (χ1n) is 5.60. The molecule has 0 radical (unpaired) electrons. The second-order valence-corrected chi connectivity index (χ2v) is 4.89. The van der Waals surface area contributed by atoms with Crippen LogP contribution in [0.5, 0.6) is 0 Å². The SMILES string of the molecule is Cl.OC[C@H]1OCCNC[C@@H]1c1ccc(Cl)c(Cl)c1. The lowest BCUT2D eigenvalue weighted by Gasteiger charge is -2.23. The molecule has 6 heteroatoms. The molecule has 1 saturated heterocycles. The molecular formula is C12H16Cl3NO2. The van der Waals surface area contributed by atoms with Gasteiger partial charge in [-0.3, -0.25) is 0 Å². The molecule has 0 spiro atoms. The number of hydrogen-bond acceptors (Lipinski definition) is 3. The fraction of sp³-hybridized carbons (Fsp3) is 0.500.